The molecule has 0 aliphatic carbocycles. The first-order chi connectivity index (χ1) is 11.3. The zero-order chi connectivity index (χ0) is 17.7. The van der Waals surface area contributed by atoms with Crippen molar-refractivity contribution in [1.29, 1.82) is 0 Å². The summed E-state index contributed by atoms with van der Waals surface area (Å²) in [5.41, 5.74) is 2.14. The number of aliphatic hydroxyl groups excluding tert-OH is 1. The molecule has 0 saturated heterocycles. The van der Waals surface area contributed by atoms with Gasteiger partial charge in [-0.3, -0.25) is 0 Å². The van der Waals surface area contributed by atoms with Crippen LogP contribution in [0.25, 0.3) is 5.57 Å². The fourth-order valence-electron chi connectivity index (χ4n) is 2.24. The highest BCUT2D eigenvalue weighted by atomic mass is 32.2. The van der Waals surface area contributed by atoms with Gasteiger partial charge in [-0.1, -0.05) is 36.4 Å². The maximum absolute atomic E-state index is 13.0. The van der Waals surface area contributed by atoms with Gasteiger partial charge in [-0.25, -0.2) is 12.8 Å². The first-order valence-corrected chi connectivity index (χ1v) is 8.90. The van der Waals surface area contributed by atoms with Crippen molar-refractivity contribution in [2.75, 3.05) is 19.7 Å². The minimum Gasteiger partial charge on any atom is -0.395 e. The third-order valence-corrected chi connectivity index (χ3v) is 5.49. The highest BCUT2D eigenvalue weighted by molar-refractivity contribution is 7.89. The molecule has 24 heavy (non-hydrogen) atoms. The molecule has 2 aromatic carbocycles. The molecule has 0 spiro atoms. The van der Waals surface area contributed by atoms with Crippen LogP contribution in [0, 0.1) is 12.7 Å². The molecule has 128 valence electrons. The van der Waals surface area contributed by atoms with Crippen molar-refractivity contribution in [1.82, 2.24) is 4.31 Å². The number of benzene rings is 2. The molecule has 0 fully saturated rings. The predicted molar refractivity (Wildman–Crippen MR) is 92.5 cm³/mol. The van der Waals surface area contributed by atoms with Crippen LogP contribution in [0.4, 0.5) is 4.39 Å². The fourth-order valence-corrected chi connectivity index (χ4v) is 3.67. The molecular weight excluding hydrogens is 329 g/mol. The summed E-state index contributed by atoms with van der Waals surface area (Å²) in [7, 11) is -3.75. The van der Waals surface area contributed by atoms with Gasteiger partial charge in [0.15, 0.2) is 0 Å². The molecule has 0 radical (unpaired) electrons. The molecule has 0 heterocycles. The molecule has 0 aliphatic rings. The summed E-state index contributed by atoms with van der Waals surface area (Å²) in [6.07, 6.45) is 0. The minimum atomic E-state index is -3.75. The lowest BCUT2D eigenvalue weighted by Gasteiger charge is -2.22. The summed E-state index contributed by atoms with van der Waals surface area (Å²) in [4.78, 5) is 0.161. The second-order valence-corrected chi connectivity index (χ2v) is 7.42. The average molecular weight is 349 g/mol. The van der Waals surface area contributed by atoms with E-state index in [2.05, 4.69) is 6.58 Å². The maximum atomic E-state index is 13.0. The summed E-state index contributed by atoms with van der Waals surface area (Å²) in [6.45, 7) is 5.43. The van der Waals surface area contributed by atoms with Crippen molar-refractivity contribution in [3.8, 4) is 0 Å². The van der Waals surface area contributed by atoms with Gasteiger partial charge < -0.3 is 5.11 Å². The molecule has 0 aliphatic heterocycles. The summed E-state index contributed by atoms with van der Waals surface area (Å²) in [6, 6.07) is 12.2. The third-order valence-electron chi connectivity index (χ3n) is 3.63. The number of nitrogens with zero attached hydrogens (tertiary/aromatic N) is 1. The van der Waals surface area contributed by atoms with Crippen LogP contribution < -0.4 is 0 Å². The van der Waals surface area contributed by atoms with Gasteiger partial charge >= 0.3 is 0 Å². The van der Waals surface area contributed by atoms with Crippen LogP contribution in [-0.4, -0.2) is 37.5 Å². The Hall–Kier alpha value is -2.02. The van der Waals surface area contributed by atoms with Gasteiger partial charge in [0.05, 0.1) is 11.5 Å². The van der Waals surface area contributed by atoms with Gasteiger partial charge in [0.2, 0.25) is 10.0 Å². The van der Waals surface area contributed by atoms with Crippen LogP contribution >= 0.6 is 0 Å². The van der Waals surface area contributed by atoms with Crippen molar-refractivity contribution in [3.05, 3.63) is 72.1 Å². The van der Waals surface area contributed by atoms with E-state index in [1.807, 2.05) is 6.92 Å². The third kappa shape index (κ3) is 4.29. The van der Waals surface area contributed by atoms with E-state index < -0.39 is 10.0 Å². The van der Waals surface area contributed by atoms with Crippen molar-refractivity contribution in [3.63, 3.8) is 0 Å². The Kier molecular flexibility index (Phi) is 5.88. The van der Waals surface area contributed by atoms with E-state index in [1.165, 1.54) is 28.6 Å². The Balaban J connectivity index is 2.26. The van der Waals surface area contributed by atoms with Crippen LogP contribution in [0.3, 0.4) is 0 Å². The quantitative estimate of drug-likeness (QED) is 0.836. The number of aliphatic hydroxyl groups is 1. The van der Waals surface area contributed by atoms with Crippen molar-refractivity contribution >= 4 is 15.6 Å². The lowest BCUT2D eigenvalue weighted by atomic mass is 10.1. The summed E-state index contributed by atoms with van der Waals surface area (Å²) in [5.74, 6) is -0.369. The molecule has 0 unspecified atom stereocenters. The molecule has 4 nitrogen and oxygen atoms in total. The van der Waals surface area contributed by atoms with Gasteiger partial charge in [-0.05, 0) is 42.3 Å². The van der Waals surface area contributed by atoms with E-state index in [0.29, 0.717) is 11.1 Å². The number of aryl methyl sites for hydroxylation is 1. The molecule has 0 aromatic heterocycles. The van der Waals surface area contributed by atoms with Crippen LogP contribution in [-0.2, 0) is 10.0 Å². The molecule has 0 atom stereocenters. The number of halogens is 1. The zero-order valence-electron chi connectivity index (χ0n) is 13.4. The summed E-state index contributed by atoms with van der Waals surface area (Å²) >= 11 is 0. The number of sulfonamides is 1. The molecule has 2 aromatic rings. The average Bonchev–Trinajstić information content (AvgIpc) is 2.55. The summed E-state index contributed by atoms with van der Waals surface area (Å²) < 4.78 is 39.7. The monoisotopic (exact) mass is 349 g/mol. The van der Waals surface area contributed by atoms with E-state index in [0.717, 1.165) is 5.56 Å². The van der Waals surface area contributed by atoms with Gasteiger partial charge in [-0.2, -0.15) is 4.31 Å². The van der Waals surface area contributed by atoms with E-state index in [-0.39, 0.29) is 30.4 Å². The van der Waals surface area contributed by atoms with E-state index >= 15 is 0 Å². The van der Waals surface area contributed by atoms with Gasteiger partial charge in [0, 0.05) is 13.1 Å². The van der Waals surface area contributed by atoms with Gasteiger partial charge in [-0.15, -0.1) is 0 Å². The van der Waals surface area contributed by atoms with Gasteiger partial charge in [0.1, 0.15) is 5.82 Å². The molecule has 0 amide bonds. The van der Waals surface area contributed by atoms with Crippen LogP contribution in [0.1, 0.15) is 11.1 Å². The van der Waals surface area contributed by atoms with Crippen LogP contribution in [0.5, 0.6) is 0 Å². The Morgan fingerprint density at radius 1 is 1.12 bits per heavy atom. The normalized spacial score (nSPS) is 11.7. The van der Waals surface area contributed by atoms with Gasteiger partial charge in [0.25, 0.3) is 0 Å². The fraction of sp³-hybridized carbons (Fsp3) is 0.222. The highest BCUT2D eigenvalue weighted by Crippen LogP contribution is 2.21. The Bertz CT molecular complexity index is 799. The topological polar surface area (TPSA) is 57.6 Å². The first kappa shape index (κ1) is 18.3. The van der Waals surface area contributed by atoms with E-state index in [4.69, 9.17) is 0 Å². The smallest absolute Gasteiger partial charge is 0.243 e. The van der Waals surface area contributed by atoms with E-state index in [1.54, 1.807) is 24.3 Å². The van der Waals surface area contributed by atoms with Crippen LogP contribution in [0.15, 0.2) is 60.0 Å². The Morgan fingerprint density at radius 3 is 2.25 bits per heavy atom. The first-order valence-electron chi connectivity index (χ1n) is 7.46. The van der Waals surface area contributed by atoms with E-state index in [9.17, 15) is 17.9 Å². The minimum absolute atomic E-state index is 0.0163. The molecule has 6 heteroatoms. The molecule has 2 rings (SSSR count). The molecule has 0 saturated carbocycles. The lowest BCUT2D eigenvalue weighted by Crippen LogP contribution is -2.34. The second-order valence-electron chi connectivity index (χ2n) is 5.49. The second kappa shape index (κ2) is 7.70. The molecular formula is C18H20FNO3S. The predicted octanol–water partition coefficient (Wildman–Crippen LogP) is 2.83. The number of hydrogen-bond acceptors (Lipinski definition) is 3. The SMILES string of the molecule is C=C(CN(CCO)S(=O)(=O)c1ccc(C)cc1)c1ccc(F)cc1. The highest BCUT2D eigenvalue weighted by Gasteiger charge is 2.24. The largest absolute Gasteiger partial charge is 0.395 e. The molecule has 0 bridgehead atoms. The van der Waals surface area contributed by atoms with Crippen molar-refractivity contribution < 1.29 is 17.9 Å². The standard InChI is InChI=1S/C18H20FNO3S/c1-14-3-9-18(10-4-14)24(22,23)20(11-12-21)13-15(2)16-5-7-17(19)8-6-16/h3-10,21H,2,11-13H2,1H3. The summed E-state index contributed by atoms with van der Waals surface area (Å²) in [5, 5.41) is 9.23. The Morgan fingerprint density at radius 2 is 1.71 bits per heavy atom. The maximum Gasteiger partial charge on any atom is 0.243 e. The lowest BCUT2D eigenvalue weighted by molar-refractivity contribution is 0.261. The van der Waals surface area contributed by atoms with Crippen molar-refractivity contribution in [2.24, 2.45) is 0 Å². The Labute approximate surface area is 141 Å². The van der Waals surface area contributed by atoms with Crippen molar-refractivity contribution in [2.45, 2.75) is 11.8 Å². The zero-order valence-corrected chi connectivity index (χ0v) is 14.3. The number of hydrogen-bond donors (Lipinski definition) is 1. The van der Waals surface area contributed by atoms with Crippen LogP contribution in [0.2, 0.25) is 0 Å². The molecule has 1 N–H and O–H groups in total. The number of rotatable bonds is 7.